The quantitative estimate of drug-likeness (QED) is 0.367. The predicted molar refractivity (Wildman–Crippen MR) is 133 cm³/mol. The van der Waals surface area contributed by atoms with E-state index in [2.05, 4.69) is 64.1 Å². The first kappa shape index (κ1) is 26.5. The predicted octanol–water partition coefficient (Wildman–Crippen LogP) is 5.74. The van der Waals surface area contributed by atoms with Gasteiger partial charge in [0, 0.05) is 0 Å². The lowest BCUT2D eigenvalue weighted by Crippen LogP contribution is -2.43. The summed E-state index contributed by atoms with van der Waals surface area (Å²) in [5.41, 5.74) is 4.73. The summed E-state index contributed by atoms with van der Waals surface area (Å²) in [6.07, 6.45) is -1.18. The van der Waals surface area contributed by atoms with Crippen molar-refractivity contribution in [2.45, 2.75) is 66.0 Å². The molecule has 188 valence electrons. The standard InChI is InChI=1S/C28H40O6/c1-19(2)23-9-7-21(5)25(17-23)29-11-13-31-27-28(34-16-15-33-27)32-14-12-30-26-18-24(20(3)4)10-8-22(26)6/h7-10,17-20,27-28H,11-16H2,1-6H3/t27-,28-/m1/s1. The van der Waals surface area contributed by atoms with Gasteiger partial charge >= 0.3 is 0 Å². The molecule has 3 rings (SSSR count). The van der Waals surface area contributed by atoms with Crippen LogP contribution in [0.2, 0.25) is 0 Å². The molecule has 0 N–H and O–H groups in total. The SMILES string of the molecule is Cc1ccc(C(C)C)cc1OCCO[C@@H]1OCCO[C@H]1OCCOc1cc(C(C)C)ccc1C. The summed E-state index contributed by atoms with van der Waals surface area (Å²) < 4.78 is 35.1. The van der Waals surface area contributed by atoms with E-state index in [9.17, 15) is 0 Å². The van der Waals surface area contributed by atoms with Crippen molar-refractivity contribution in [2.24, 2.45) is 0 Å². The van der Waals surface area contributed by atoms with Crippen molar-refractivity contribution in [3.63, 3.8) is 0 Å². The molecule has 2 aromatic carbocycles. The number of ether oxygens (including phenoxy) is 6. The fraction of sp³-hybridized carbons (Fsp3) is 0.571. The maximum absolute atomic E-state index is 5.96. The molecule has 0 bridgehead atoms. The molecular formula is C28H40O6. The highest BCUT2D eigenvalue weighted by molar-refractivity contribution is 5.38. The minimum atomic E-state index is -0.591. The Hall–Kier alpha value is -2.12. The van der Waals surface area contributed by atoms with Crippen LogP contribution >= 0.6 is 0 Å². The summed E-state index contributed by atoms with van der Waals surface area (Å²) in [4.78, 5) is 0. The second-order valence-corrected chi connectivity index (χ2v) is 9.28. The molecular weight excluding hydrogens is 432 g/mol. The van der Waals surface area contributed by atoms with Gasteiger partial charge in [-0.25, -0.2) is 0 Å². The van der Waals surface area contributed by atoms with Crippen LogP contribution < -0.4 is 9.47 Å². The van der Waals surface area contributed by atoms with E-state index in [4.69, 9.17) is 28.4 Å². The lowest BCUT2D eigenvalue weighted by Gasteiger charge is -2.31. The smallest absolute Gasteiger partial charge is 0.209 e. The Kier molecular flexibility index (Phi) is 10.2. The highest BCUT2D eigenvalue weighted by atomic mass is 16.8. The van der Waals surface area contributed by atoms with Gasteiger partial charge in [0.1, 0.15) is 24.7 Å². The molecule has 0 saturated carbocycles. The van der Waals surface area contributed by atoms with Crippen LogP contribution in [-0.4, -0.2) is 52.2 Å². The molecule has 1 saturated heterocycles. The number of hydrogen-bond acceptors (Lipinski definition) is 6. The Morgan fingerprint density at radius 3 is 1.47 bits per heavy atom. The third-order valence-electron chi connectivity index (χ3n) is 5.87. The van der Waals surface area contributed by atoms with Gasteiger partial charge in [-0.3, -0.25) is 0 Å². The molecule has 0 spiro atoms. The monoisotopic (exact) mass is 472 g/mol. The molecule has 1 aliphatic rings. The van der Waals surface area contributed by atoms with Crippen molar-refractivity contribution >= 4 is 0 Å². The molecule has 6 nitrogen and oxygen atoms in total. The van der Waals surface area contributed by atoms with Crippen LogP contribution in [0.25, 0.3) is 0 Å². The Morgan fingerprint density at radius 2 is 1.09 bits per heavy atom. The van der Waals surface area contributed by atoms with Crippen LogP contribution in [0.1, 0.15) is 61.8 Å². The summed E-state index contributed by atoms with van der Waals surface area (Å²) in [6.45, 7) is 15.3. The lowest BCUT2D eigenvalue weighted by molar-refractivity contribution is -0.321. The maximum Gasteiger partial charge on any atom is 0.209 e. The van der Waals surface area contributed by atoms with E-state index in [1.807, 2.05) is 13.8 Å². The van der Waals surface area contributed by atoms with Crippen molar-refractivity contribution in [1.82, 2.24) is 0 Å². The number of aryl methyl sites for hydroxylation is 2. The Bertz CT molecular complexity index is 821. The first-order valence-corrected chi connectivity index (χ1v) is 12.3. The van der Waals surface area contributed by atoms with Crippen molar-refractivity contribution in [3.05, 3.63) is 58.7 Å². The van der Waals surface area contributed by atoms with E-state index in [0.29, 0.717) is 51.5 Å². The molecule has 1 heterocycles. The van der Waals surface area contributed by atoms with Crippen molar-refractivity contribution in [1.29, 1.82) is 0 Å². The summed E-state index contributed by atoms with van der Waals surface area (Å²) in [7, 11) is 0. The average molecular weight is 473 g/mol. The molecule has 2 aromatic rings. The number of benzene rings is 2. The van der Waals surface area contributed by atoms with Gasteiger partial charge in [-0.15, -0.1) is 0 Å². The Labute approximate surface area is 204 Å². The van der Waals surface area contributed by atoms with Gasteiger partial charge < -0.3 is 28.4 Å². The summed E-state index contributed by atoms with van der Waals surface area (Å²) in [5.74, 6) is 2.68. The summed E-state index contributed by atoms with van der Waals surface area (Å²) in [5, 5.41) is 0. The summed E-state index contributed by atoms with van der Waals surface area (Å²) >= 11 is 0. The second kappa shape index (κ2) is 13.1. The molecule has 34 heavy (non-hydrogen) atoms. The van der Waals surface area contributed by atoms with Gasteiger partial charge in [-0.2, -0.15) is 0 Å². The fourth-order valence-electron chi connectivity index (χ4n) is 3.63. The van der Waals surface area contributed by atoms with E-state index in [1.54, 1.807) is 0 Å². The fourth-order valence-corrected chi connectivity index (χ4v) is 3.63. The van der Waals surface area contributed by atoms with Gasteiger partial charge in [-0.1, -0.05) is 52.0 Å². The molecule has 2 atom stereocenters. The highest BCUT2D eigenvalue weighted by Gasteiger charge is 2.28. The van der Waals surface area contributed by atoms with Gasteiger partial charge in [0.2, 0.25) is 12.6 Å². The van der Waals surface area contributed by atoms with Crippen LogP contribution in [0.5, 0.6) is 11.5 Å². The topological polar surface area (TPSA) is 55.4 Å². The van der Waals surface area contributed by atoms with E-state index in [-0.39, 0.29) is 0 Å². The minimum absolute atomic E-state index is 0.372. The van der Waals surface area contributed by atoms with Crippen LogP contribution in [-0.2, 0) is 18.9 Å². The van der Waals surface area contributed by atoms with Gasteiger partial charge in [0.15, 0.2) is 0 Å². The van der Waals surface area contributed by atoms with Crippen molar-refractivity contribution in [3.8, 4) is 11.5 Å². The zero-order chi connectivity index (χ0) is 24.5. The third kappa shape index (κ3) is 7.70. The number of rotatable bonds is 12. The highest BCUT2D eigenvalue weighted by Crippen LogP contribution is 2.25. The molecule has 0 amide bonds. The van der Waals surface area contributed by atoms with E-state index in [0.717, 1.165) is 22.6 Å². The average Bonchev–Trinajstić information content (AvgIpc) is 2.82. The van der Waals surface area contributed by atoms with E-state index < -0.39 is 12.6 Å². The molecule has 0 radical (unpaired) electrons. The van der Waals surface area contributed by atoms with Crippen molar-refractivity contribution < 1.29 is 28.4 Å². The third-order valence-corrected chi connectivity index (χ3v) is 5.87. The van der Waals surface area contributed by atoms with Crippen molar-refractivity contribution in [2.75, 3.05) is 39.6 Å². The van der Waals surface area contributed by atoms with Crippen LogP contribution in [0.15, 0.2) is 36.4 Å². The van der Waals surface area contributed by atoms with Gasteiger partial charge in [0.25, 0.3) is 0 Å². The first-order valence-electron chi connectivity index (χ1n) is 12.3. The normalized spacial score (nSPS) is 18.5. The van der Waals surface area contributed by atoms with E-state index in [1.165, 1.54) is 11.1 Å². The Morgan fingerprint density at radius 1 is 0.676 bits per heavy atom. The zero-order valence-electron chi connectivity index (χ0n) is 21.5. The van der Waals surface area contributed by atoms with E-state index >= 15 is 0 Å². The maximum atomic E-state index is 5.96. The molecule has 0 aromatic heterocycles. The molecule has 6 heteroatoms. The van der Waals surface area contributed by atoms with Gasteiger partial charge in [-0.05, 0) is 60.1 Å². The molecule has 1 aliphatic heterocycles. The molecule has 0 aliphatic carbocycles. The Balaban J connectivity index is 1.42. The number of hydrogen-bond donors (Lipinski definition) is 0. The van der Waals surface area contributed by atoms with Crippen LogP contribution in [0.3, 0.4) is 0 Å². The van der Waals surface area contributed by atoms with Crippen LogP contribution in [0.4, 0.5) is 0 Å². The minimum Gasteiger partial charge on any atom is -0.491 e. The lowest BCUT2D eigenvalue weighted by atomic mass is 10.0. The van der Waals surface area contributed by atoms with Gasteiger partial charge in [0.05, 0.1) is 26.4 Å². The zero-order valence-corrected chi connectivity index (χ0v) is 21.5. The molecule has 1 fully saturated rings. The second-order valence-electron chi connectivity index (χ2n) is 9.28. The molecule has 0 unspecified atom stereocenters. The first-order chi connectivity index (χ1) is 16.3. The summed E-state index contributed by atoms with van der Waals surface area (Å²) in [6, 6.07) is 12.7. The van der Waals surface area contributed by atoms with Crippen LogP contribution in [0, 0.1) is 13.8 Å². The largest absolute Gasteiger partial charge is 0.491 e.